The number of amides is 1. The second-order valence-corrected chi connectivity index (χ2v) is 6.11. The van der Waals surface area contributed by atoms with E-state index in [4.69, 9.17) is 4.74 Å². The van der Waals surface area contributed by atoms with E-state index in [1.54, 1.807) is 0 Å². The van der Waals surface area contributed by atoms with Crippen LogP contribution in [-0.2, 0) is 21.4 Å². The van der Waals surface area contributed by atoms with Gasteiger partial charge in [0, 0.05) is 19.6 Å². The summed E-state index contributed by atoms with van der Waals surface area (Å²) in [6, 6.07) is 4.31. The Hall–Kier alpha value is -1.63. The number of nitrogens with zero attached hydrogens (tertiary/aromatic N) is 1. The van der Waals surface area contributed by atoms with Gasteiger partial charge in [-0.1, -0.05) is 12.1 Å². The van der Waals surface area contributed by atoms with Crippen LogP contribution in [0.15, 0.2) is 24.3 Å². The lowest BCUT2D eigenvalue weighted by Gasteiger charge is -2.23. The summed E-state index contributed by atoms with van der Waals surface area (Å²) in [4.78, 5) is 13.7. The standard InChI is InChI=1S/C16H17F4NO2/c17-15(12-2-1-3-13(8-12)16(18,19)20)5-6-21(10-15)14(22)11-4-7-23-9-11/h1-3,8,11H,4-7,9-10H2/t11-,15+/m0/s1. The average molecular weight is 331 g/mol. The smallest absolute Gasteiger partial charge is 0.381 e. The van der Waals surface area contributed by atoms with Crippen molar-refractivity contribution in [3.05, 3.63) is 35.4 Å². The largest absolute Gasteiger partial charge is 0.416 e. The van der Waals surface area contributed by atoms with Gasteiger partial charge in [-0.2, -0.15) is 13.2 Å². The molecule has 0 radical (unpaired) electrons. The Kier molecular flexibility index (Phi) is 4.08. The first-order valence-electron chi connectivity index (χ1n) is 7.53. The van der Waals surface area contributed by atoms with Gasteiger partial charge in [0.15, 0.2) is 5.67 Å². The molecule has 1 aromatic rings. The predicted octanol–water partition coefficient (Wildman–Crippen LogP) is 3.14. The number of rotatable bonds is 2. The number of hydrogen-bond acceptors (Lipinski definition) is 2. The number of likely N-dealkylation sites (tertiary alicyclic amines) is 1. The molecule has 2 heterocycles. The quantitative estimate of drug-likeness (QED) is 0.779. The average Bonchev–Trinajstić information content (AvgIpc) is 3.16. The number of alkyl halides is 4. The van der Waals surface area contributed by atoms with Crippen LogP contribution in [0.3, 0.4) is 0 Å². The minimum absolute atomic E-state index is 0.00757. The summed E-state index contributed by atoms with van der Waals surface area (Å²) in [7, 11) is 0. The number of carbonyl (C=O) groups excluding carboxylic acids is 1. The topological polar surface area (TPSA) is 29.5 Å². The fraction of sp³-hybridized carbons (Fsp3) is 0.562. The summed E-state index contributed by atoms with van der Waals surface area (Å²) in [6.07, 6.45) is -3.90. The number of halogens is 4. The molecule has 0 aromatic heterocycles. The zero-order valence-electron chi connectivity index (χ0n) is 12.4. The lowest BCUT2D eigenvalue weighted by molar-refractivity contribution is -0.138. The van der Waals surface area contributed by atoms with E-state index in [9.17, 15) is 18.0 Å². The third-order valence-corrected chi connectivity index (χ3v) is 4.52. The molecule has 0 bridgehead atoms. The van der Waals surface area contributed by atoms with E-state index in [1.165, 1.54) is 17.0 Å². The van der Waals surface area contributed by atoms with Gasteiger partial charge in [-0.3, -0.25) is 4.79 Å². The van der Waals surface area contributed by atoms with Gasteiger partial charge in [0.1, 0.15) is 0 Å². The fourth-order valence-corrected chi connectivity index (χ4v) is 3.16. The molecule has 7 heteroatoms. The molecule has 3 nitrogen and oxygen atoms in total. The number of benzene rings is 1. The maximum absolute atomic E-state index is 15.1. The van der Waals surface area contributed by atoms with Crippen molar-refractivity contribution in [2.24, 2.45) is 5.92 Å². The maximum atomic E-state index is 15.1. The number of ether oxygens (including phenoxy) is 1. The van der Waals surface area contributed by atoms with Crippen molar-refractivity contribution >= 4 is 5.91 Å². The van der Waals surface area contributed by atoms with Crippen molar-refractivity contribution in [3.8, 4) is 0 Å². The maximum Gasteiger partial charge on any atom is 0.416 e. The van der Waals surface area contributed by atoms with Crippen LogP contribution in [0.2, 0.25) is 0 Å². The summed E-state index contributed by atoms with van der Waals surface area (Å²) < 4.78 is 58.6. The van der Waals surface area contributed by atoms with Crippen molar-refractivity contribution in [1.29, 1.82) is 0 Å². The van der Waals surface area contributed by atoms with E-state index in [1.807, 2.05) is 0 Å². The van der Waals surface area contributed by atoms with Crippen LogP contribution in [0, 0.1) is 5.92 Å². The van der Waals surface area contributed by atoms with Crippen LogP contribution in [0.4, 0.5) is 17.6 Å². The molecule has 1 aromatic carbocycles. The highest BCUT2D eigenvalue weighted by Crippen LogP contribution is 2.39. The summed E-state index contributed by atoms with van der Waals surface area (Å²) in [5.74, 6) is -0.437. The Morgan fingerprint density at radius 1 is 1.35 bits per heavy atom. The Labute approximate surface area is 131 Å². The Morgan fingerprint density at radius 3 is 2.78 bits per heavy atom. The predicted molar refractivity (Wildman–Crippen MR) is 74.4 cm³/mol. The Balaban J connectivity index is 1.77. The van der Waals surface area contributed by atoms with Gasteiger partial charge in [0.05, 0.1) is 24.6 Å². The lowest BCUT2D eigenvalue weighted by atomic mass is 9.93. The molecule has 2 aliphatic heterocycles. The third kappa shape index (κ3) is 3.20. The van der Waals surface area contributed by atoms with Crippen molar-refractivity contribution in [1.82, 2.24) is 4.90 Å². The van der Waals surface area contributed by atoms with Gasteiger partial charge in [-0.15, -0.1) is 0 Å². The molecular weight excluding hydrogens is 314 g/mol. The third-order valence-electron chi connectivity index (χ3n) is 4.52. The highest BCUT2D eigenvalue weighted by atomic mass is 19.4. The number of hydrogen-bond donors (Lipinski definition) is 0. The molecular formula is C16H17F4NO2. The van der Waals surface area contributed by atoms with E-state index in [2.05, 4.69) is 0 Å². The molecule has 0 N–H and O–H groups in total. The molecule has 0 saturated carbocycles. The Morgan fingerprint density at radius 2 is 2.13 bits per heavy atom. The molecule has 2 fully saturated rings. The van der Waals surface area contributed by atoms with Crippen LogP contribution in [-0.4, -0.2) is 37.1 Å². The van der Waals surface area contributed by atoms with Gasteiger partial charge in [0.25, 0.3) is 0 Å². The zero-order chi connectivity index (χ0) is 16.7. The second kappa shape index (κ2) is 5.78. The monoisotopic (exact) mass is 331 g/mol. The minimum atomic E-state index is -4.51. The highest BCUT2D eigenvalue weighted by molar-refractivity contribution is 5.79. The molecule has 1 amide bonds. The highest BCUT2D eigenvalue weighted by Gasteiger charge is 2.44. The van der Waals surface area contributed by atoms with E-state index in [0.717, 1.165) is 12.1 Å². The molecule has 23 heavy (non-hydrogen) atoms. The molecule has 0 aliphatic carbocycles. The molecule has 0 spiro atoms. The molecule has 3 rings (SSSR count). The first kappa shape index (κ1) is 16.2. The van der Waals surface area contributed by atoms with Crippen LogP contribution >= 0.6 is 0 Å². The van der Waals surface area contributed by atoms with Gasteiger partial charge in [0.2, 0.25) is 5.91 Å². The minimum Gasteiger partial charge on any atom is -0.381 e. The van der Waals surface area contributed by atoms with E-state index in [-0.39, 0.29) is 36.9 Å². The van der Waals surface area contributed by atoms with Crippen LogP contribution < -0.4 is 0 Å². The molecule has 2 aliphatic rings. The summed E-state index contributed by atoms with van der Waals surface area (Å²) >= 11 is 0. The normalized spacial score (nSPS) is 28.3. The van der Waals surface area contributed by atoms with Crippen LogP contribution in [0.5, 0.6) is 0 Å². The van der Waals surface area contributed by atoms with Gasteiger partial charge < -0.3 is 9.64 Å². The Bertz CT molecular complexity index is 598. The summed E-state index contributed by atoms with van der Waals surface area (Å²) in [5, 5.41) is 0. The van der Waals surface area contributed by atoms with Crippen molar-refractivity contribution in [2.45, 2.75) is 24.7 Å². The van der Waals surface area contributed by atoms with Crippen molar-refractivity contribution < 1.29 is 27.1 Å². The molecule has 2 saturated heterocycles. The molecule has 126 valence electrons. The number of carbonyl (C=O) groups is 1. The van der Waals surface area contributed by atoms with E-state index < -0.39 is 17.4 Å². The molecule has 2 atom stereocenters. The van der Waals surface area contributed by atoms with E-state index in [0.29, 0.717) is 19.6 Å². The van der Waals surface area contributed by atoms with Crippen molar-refractivity contribution in [3.63, 3.8) is 0 Å². The summed E-state index contributed by atoms with van der Waals surface area (Å²) in [5.41, 5.74) is -2.83. The first-order chi connectivity index (χ1) is 10.8. The zero-order valence-corrected chi connectivity index (χ0v) is 12.4. The van der Waals surface area contributed by atoms with Crippen LogP contribution in [0.25, 0.3) is 0 Å². The molecule has 0 unspecified atom stereocenters. The van der Waals surface area contributed by atoms with Gasteiger partial charge in [-0.05, 0) is 24.1 Å². The second-order valence-electron chi connectivity index (χ2n) is 6.11. The van der Waals surface area contributed by atoms with Gasteiger partial charge >= 0.3 is 6.18 Å². The fourth-order valence-electron chi connectivity index (χ4n) is 3.16. The first-order valence-corrected chi connectivity index (χ1v) is 7.53. The van der Waals surface area contributed by atoms with Crippen LogP contribution in [0.1, 0.15) is 24.0 Å². The lowest BCUT2D eigenvalue weighted by Crippen LogP contribution is -2.36. The van der Waals surface area contributed by atoms with Gasteiger partial charge in [-0.25, -0.2) is 4.39 Å². The summed E-state index contributed by atoms with van der Waals surface area (Å²) in [6.45, 7) is 0.850. The SMILES string of the molecule is O=C([C@H]1CCOC1)N1CC[C@](F)(c2cccc(C(F)(F)F)c2)C1. The van der Waals surface area contributed by atoms with E-state index >= 15 is 4.39 Å². The van der Waals surface area contributed by atoms with Crippen molar-refractivity contribution in [2.75, 3.05) is 26.3 Å².